The van der Waals surface area contributed by atoms with Crippen LogP contribution in [0, 0.1) is 10.1 Å². The van der Waals surface area contributed by atoms with E-state index in [1.807, 2.05) is 12.1 Å². The summed E-state index contributed by atoms with van der Waals surface area (Å²) in [6.07, 6.45) is 0.573. The van der Waals surface area contributed by atoms with Crippen molar-refractivity contribution in [3.63, 3.8) is 0 Å². The number of aryl methyl sites for hydroxylation is 1. The Hall–Kier alpha value is -4.10. The summed E-state index contributed by atoms with van der Waals surface area (Å²) in [5, 5.41) is 13.1. The van der Waals surface area contributed by atoms with Crippen molar-refractivity contribution in [2.24, 2.45) is 0 Å². The predicted octanol–water partition coefficient (Wildman–Crippen LogP) is 6.19. The predicted molar refractivity (Wildman–Crippen MR) is 134 cm³/mol. The van der Waals surface area contributed by atoms with Gasteiger partial charge in [-0.3, -0.25) is 14.9 Å². The summed E-state index contributed by atoms with van der Waals surface area (Å²) in [7, 11) is 3.07. The van der Waals surface area contributed by atoms with Gasteiger partial charge in [0.25, 0.3) is 0 Å². The van der Waals surface area contributed by atoms with Crippen molar-refractivity contribution in [2.45, 2.75) is 13.0 Å². The van der Waals surface area contributed by atoms with Gasteiger partial charge >= 0.3 is 5.69 Å². The number of aromatic nitrogens is 1. The van der Waals surface area contributed by atoms with Gasteiger partial charge in [-0.15, -0.1) is 0 Å². The summed E-state index contributed by atoms with van der Waals surface area (Å²) in [5.41, 5.74) is 3.33. The molecule has 0 fully saturated rings. The normalized spacial score (nSPS) is 12.0. The first kappa shape index (κ1) is 22.7. The van der Waals surface area contributed by atoms with E-state index < -0.39 is 4.92 Å². The highest BCUT2D eigenvalue weighted by Crippen LogP contribution is 2.49. The van der Waals surface area contributed by atoms with Gasteiger partial charge < -0.3 is 14.0 Å². The van der Waals surface area contributed by atoms with Gasteiger partial charge in [0.2, 0.25) is 5.78 Å². The number of carbonyl (C=O) groups excluding carboxylic acids is 1. The summed E-state index contributed by atoms with van der Waals surface area (Å²) in [6, 6.07) is 19.1. The summed E-state index contributed by atoms with van der Waals surface area (Å²) in [6.45, 7) is 0.403. The molecule has 0 radical (unpaired) electrons. The van der Waals surface area contributed by atoms with Crippen molar-refractivity contribution in [3.8, 4) is 33.9 Å². The minimum Gasteiger partial charge on any atom is -0.493 e. The number of ether oxygens (including phenoxy) is 2. The minimum absolute atomic E-state index is 0.125. The van der Waals surface area contributed by atoms with Crippen molar-refractivity contribution in [2.75, 3.05) is 14.2 Å². The highest BCUT2D eigenvalue weighted by Gasteiger charge is 2.38. The quantitative estimate of drug-likeness (QED) is 0.183. The fourth-order valence-electron chi connectivity index (χ4n) is 4.71. The third-order valence-electron chi connectivity index (χ3n) is 6.27. The molecule has 0 aliphatic carbocycles. The zero-order valence-corrected chi connectivity index (χ0v) is 19.8. The Morgan fingerprint density at radius 1 is 1.00 bits per heavy atom. The fourth-order valence-corrected chi connectivity index (χ4v) is 4.84. The van der Waals surface area contributed by atoms with Crippen molar-refractivity contribution in [1.29, 1.82) is 0 Å². The lowest BCUT2D eigenvalue weighted by atomic mass is 9.95. The molecule has 1 aliphatic rings. The topological polar surface area (TPSA) is 83.6 Å². The molecule has 0 amide bonds. The molecule has 0 saturated heterocycles. The molecule has 3 aromatic carbocycles. The first-order valence-corrected chi connectivity index (χ1v) is 11.3. The van der Waals surface area contributed by atoms with Crippen LogP contribution in [0.25, 0.3) is 22.4 Å². The third kappa shape index (κ3) is 3.74. The smallest absolute Gasteiger partial charge is 0.303 e. The first-order valence-electron chi connectivity index (χ1n) is 11.0. The molecule has 4 aromatic rings. The highest BCUT2D eigenvalue weighted by molar-refractivity contribution is 6.30. The fraction of sp³-hybridized carbons (Fsp3) is 0.148. The van der Waals surface area contributed by atoms with Crippen LogP contribution < -0.4 is 9.47 Å². The molecule has 176 valence electrons. The second-order valence-corrected chi connectivity index (χ2v) is 8.58. The number of carbonyl (C=O) groups is 1. The second kappa shape index (κ2) is 8.92. The average Bonchev–Trinajstić information content (AvgIpc) is 3.24. The SMILES string of the molecule is COc1cc2c(cc1OC)-c1c([N+](=O)[O-])c(-c3ccc(Cl)cc3)c(C(=O)c3ccccc3)n1CC2. The Balaban J connectivity index is 1.88. The van der Waals surface area contributed by atoms with Crippen LogP contribution in [0.4, 0.5) is 5.69 Å². The van der Waals surface area contributed by atoms with Gasteiger partial charge in [0.1, 0.15) is 11.4 Å². The number of fused-ring (bicyclic) bond motifs is 3. The molecule has 2 heterocycles. The largest absolute Gasteiger partial charge is 0.493 e. The lowest BCUT2D eigenvalue weighted by Crippen LogP contribution is -2.17. The maximum Gasteiger partial charge on any atom is 0.303 e. The number of hydrogen-bond donors (Lipinski definition) is 0. The second-order valence-electron chi connectivity index (χ2n) is 8.15. The van der Waals surface area contributed by atoms with E-state index in [1.165, 1.54) is 7.11 Å². The molecular formula is C27H21ClN2O5. The van der Waals surface area contributed by atoms with Crippen LogP contribution in [0.15, 0.2) is 66.7 Å². The van der Waals surface area contributed by atoms with Crippen molar-refractivity contribution in [3.05, 3.63) is 98.7 Å². The number of halogens is 1. The van der Waals surface area contributed by atoms with E-state index in [1.54, 1.807) is 66.3 Å². The molecule has 0 unspecified atom stereocenters. The number of methoxy groups -OCH3 is 2. The van der Waals surface area contributed by atoms with Crippen LogP contribution in [-0.4, -0.2) is 29.5 Å². The maximum absolute atomic E-state index is 13.8. The number of nitro groups is 1. The average molecular weight is 489 g/mol. The number of rotatable bonds is 6. The Bertz CT molecular complexity index is 1460. The summed E-state index contributed by atoms with van der Waals surface area (Å²) < 4.78 is 12.7. The van der Waals surface area contributed by atoms with Crippen molar-refractivity contribution >= 4 is 23.1 Å². The van der Waals surface area contributed by atoms with Crippen molar-refractivity contribution in [1.82, 2.24) is 4.57 Å². The lowest BCUT2D eigenvalue weighted by Gasteiger charge is -2.22. The summed E-state index contributed by atoms with van der Waals surface area (Å²) in [5.74, 6) is 0.723. The first-order chi connectivity index (χ1) is 16.9. The molecule has 0 N–H and O–H groups in total. The molecule has 0 atom stereocenters. The monoisotopic (exact) mass is 488 g/mol. The number of nitrogens with zero attached hydrogens (tertiary/aromatic N) is 2. The molecule has 7 nitrogen and oxygen atoms in total. The molecule has 1 aromatic heterocycles. The van der Waals surface area contributed by atoms with E-state index in [0.717, 1.165) is 5.56 Å². The van der Waals surface area contributed by atoms with Crippen LogP contribution >= 0.6 is 11.6 Å². The van der Waals surface area contributed by atoms with Crippen LogP contribution in [0.5, 0.6) is 11.5 Å². The molecule has 1 aliphatic heterocycles. The Kier molecular flexibility index (Phi) is 5.78. The molecule has 5 rings (SSSR count). The van der Waals surface area contributed by atoms with Crippen LogP contribution in [0.1, 0.15) is 21.6 Å². The zero-order valence-electron chi connectivity index (χ0n) is 19.1. The number of ketones is 1. The minimum atomic E-state index is -0.413. The molecule has 8 heteroatoms. The van der Waals surface area contributed by atoms with Gasteiger partial charge in [-0.25, -0.2) is 0 Å². The Morgan fingerprint density at radius 2 is 1.66 bits per heavy atom. The molecule has 0 spiro atoms. The van der Waals surface area contributed by atoms with Gasteiger partial charge in [-0.2, -0.15) is 0 Å². The van der Waals surface area contributed by atoms with Crippen LogP contribution in [0.2, 0.25) is 5.02 Å². The van der Waals surface area contributed by atoms with Gasteiger partial charge in [-0.1, -0.05) is 54.1 Å². The zero-order chi connectivity index (χ0) is 24.7. The molecule has 35 heavy (non-hydrogen) atoms. The van der Waals surface area contributed by atoms with Crippen LogP contribution in [0.3, 0.4) is 0 Å². The van der Waals surface area contributed by atoms with Gasteiger partial charge in [0.05, 0.1) is 24.7 Å². The maximum atomic E-state index is 13.8. The molecular weight excluding hydrogens is 468 g/mol. The highest BCUT2D eigenvalue weighted by atomic mass is 35.5. The van der Waals surface area contributed by atoms with E-state index in [0.29, 0.717) is 51.9 Å². The van der Waals surface area contributed by atoms with Gasteiger partial charge in [0.15, 0.2) is 11.5 Å². The number of benzene rings is 3. The van der Waals surface area contributed by atoms with E-state index >= 15 is 0 Å². The van der Waals surface area contributed by atoms with E-state index in [-0.39, 0.29) is 22.7 Å². The summed E-state index contributed by atoms with van der Waals surface area (Å²) >= 11 is 6.10. The lowest BCUT2D eigenvalue weighted by molar-refractivity contribution is -0.383. The van der Waals surface area contributed by atoms with Gasteiger partial charge in [0, 0.05) is 22.7 Å². The Morgan fingerprint density at radius 3 is 2.29 bits per heavy atom. The van der Waals surface area contributed by atoms with E-state index in [2.05, 4.69) is 0 Å². The molecule has 0 saturated carbocycles. The number of hydrogen-bond acceptors (Lipinski definition) is 5. The van der Waals surface area contributed by atoms with Crippen LogP contribution in [-0.2, 0) is 13.0 Å². The van der Waals surface area contributed by atoms with Crippen molar-refractivity contribution < 1.29 is 19.2 Å². The third-order valence-corrected chi connectivity index (χ3v) is 6.53. The van der Waals surface area contributed by atoms with E-state index in [9.17, 15) is 14.9 Å². The molecule has 0 bridgehead atoms. The van der Waals surface area contributed by atoms with Gasteiger partial charge in [-0.05, 0) is 41.8 Å². The Labute approximate surface area is 206 Å². The van der Waals surface area contributed by atoms with E-state index in [4.69, 9.17) is 21.1 Å². The standard InChI is InChI=1S/C27H21ClN2O5/c1-34-21-14-18-12-13-29-24(20(18)15-22(21)35-2)25(30(32)33)23(16-8-10-19(28)11-9-16)26(29)27(31)17-6-4-3-5-7-17/h3-11,14-15H,12-13H2,1-2H3. The summed E-state index contributed by atoms with van der Waals surface area (Å²) in [4.78, 5) is 26.0.